The molecule has 1 saturated carbocycles. The van der Waals surface area contributed by atoms with Crippen molar-refractivity contribution >= 4 is 0 Å². The Balaban J connectivity index is 1.79. The van der Waals surface area contributed by atoms with E-state index < -0.39 is 0 Å². The van der Waals surface area contributed by atoms with Gasteiger partial charge in [-0.3, -0.25) is 0 Å². The number of aliphatic hydroxyl groups excluding tert-OH is 1. The molecule has 13 heavy (non-hydrogen) atoms. The van der Waals surface area contributed by atoms with E-state index in [2.05, 4.69) is 23.9 Å². The summed E-state index contributed by atoms with van der Waals surface area (Å²) in [5.41, 5.74) is 0. The predicted molar refractivity (Wildman–Crippen MR) is 52.6 cm³/mol. The van der Waals surface area contributed by atoms with Gasteiger partial charge in [0.15, 0.2) is 0 Å². The second-order valence-corrected chi connectivity index (χ2v) is 4.72. The third-order valence-electron chi connectivity index (χ3n) is 3.28. The molecule has 0 bridgehead atoms. The fourth-order valence-corrected chi connectivity index (χ4v) is 2.28. The highest BCUT2D eigenvalue weighted by Crippen LogP contribution is 2.27. The lowest BCUT2D eigenvalue weighted by Crippen LogP contribution is -2.33. The second kappa shape index (κ2) is 3.56. The van der Waals surface area contributed by atoms with Crippen molar-refractivity contribution in [1.82, 2.24) is 9.80 Å². The van der Waals surface area contributed by atoms with Gasteiger partial charge in [0, 0.05) is 31.6 Å². The Bertz CT molecular complexity index is 182. The maximum atomic E-state index is 9.74. The summed E-state index contributed by atoms with van der Waals surface area (Å²) < 4.78 is 0. The first-order valence-corrected chi connectivity index (χ1v) is 5.23. The molecular formula is C10H20N2O. The average molecular weight is 184 g/mol. The molecule has 0 aromatic rings. The van der Waals surface area contributed by atoms with E-state index in [-0.39, 0.29) is 6.10 Å². The fourth-order valence-electron chi connectivity index (χ4n) is 2.28. The van der Waals surface area contributed by atoms with Crippen molar-refractivity contribution in [1.29, 1.82) is 0 Å². The van der Waals surface area contributed by atoms with Gasteiger partial charge in [-0.2, -0.15) is 0 Å². The Hall–Kier alpha value is -0.120. The van der Waals surface area contributed by atoms with Gasteiger partial charge in [-0.1, -0.05) is 0 Å². The fraction of sp³-hybridized carbons (Fsp3) is 1.00. The van der Waals surface area contributed by atoms with Crippen LogP contribution in [0.4, 0.5) is 0 Å². The largest absolute Gasteiger partial charge is 0.391 e. The van der Waals surface area contributed by atoms with E-state index in [0.717, 1.165) is 25.7 Å². The number of likely N-dealkylation sites (tertiary alicyclic amines) is 1. The molecule has 2 rings (SSSR count). The lowest BCUT2D eigenvalue weighted by atomic mass is 10.1. The van der Waals surface area contributed by atoms with E-state index in [4.69, 9.17) is 0 Å². The van der Waals surface area contributed by atoms with Crippen molar-refractivity contribution in [2.75, 3.05) is 33.7 Å². The minimum absolute atomic E-state index is 0.105. The maximum Gasteiger partial charge on any atom is 0.0719 e. The van der Waals surface area contributed by atoms with Crippen molar-refractivity contribution in [3.05, 3.63) is 0 Å². The van der Waals surface area contributed by atoms with Crippen LogP contribution in [0.25, 0.3) is 0 Å². The number of hydrogen-bond acceptors (Lipinski definition) is 3. The first kappa shape index (κ1) is 9.44. The number of rotatable bonds is 3. The van der Waals surface area contributed by atoms with Crippen molar-refractivity contribution in [2.45, 2.75) is 25.0 Å². The van der Waals surface area contributed by atoms with Crippen LogP contribution in [-0.2, 0) is 0 Å². The van der Waals surface area contributed by atoms with E-state index in [1.807, 2.05) is 0 Å². The number of nitrogens with zero attached hydrogens (tertiary/aromatic N) is 2. The van der Waals surface area contributed by atoms with E-state index in [1.54, 1.807) is 0 Å². The number of likely N-dealkylation sites (N-methyl/N-ethyl adjacent to an activating group) is 1. The SMILES string of the molecule is CN1C[C@H](CN(C)C2CC2)[C@@H](O)C1. The quantitative estimate of drug-likeness (QED) is 0.669. The number of aliphatic hydroxyl groups is 1. The molecule has 0 aromatic heterocycles. The van der Waals surface area contributed by atoms with Crippen LogP contribution in [0.2, 0.25) is 0 Å². The van der Waals surface area contributed by atoms with Crippen LogP contribution in [0, 0.1) is 5.92 Å². The van der Waals surface area contributed by atoms with Crippen molar-refractivity contribution in [2.24, 2.45) is 5.92 Å². The molecule has 1 aliphatic carbocycles. The van der Waals surface area contributed by atoms with Crippen molar-refractivity contribution < 1.29 is 5.11 Å². The van der Waals surface area contributed by atoms with Gasteiger partial charge < -0.3 is 14.9 Å². The van der Waals surface area contributed by atoms with Gasteiger partial charge in [-0.15, -0.1) is 0 Å². The third-order valence-corrected chi connectivity index (χ3v) is 3.28. The summed E-state index contributed by atoms with van der Waals surface area (Å²) in [6.07, 6.45) is 2.61. The van der Waals surface area contributed by atoms with Gasteiger partial charge in [0.05, 0.1) is 6.10 Å². The first-order valence-electron chi connectivity index (χ1n) is 5.23. The van der Waals surface area contributed by atoms with Crippen LogP contribution in [0.15, 0.2) is 0 Å². The molecule has 2 fully saturated rings. The number of β-amino-alcohol motifs (C(OH)–C–C–N with tert-alkyl or cyclic N) is 1. The van der Waals surface area contributed by atoms with Crippen LogP contribution in [0.3, 0.4) is 0 Å². The molecule has 0 spiro atoms. The van der Waals surface area contributed by atoms with E-state index in [1.165, 1.54) is 12.8 Å². The molecule has 1 N–H and O–H groups in total. The van der Waals surface area contributed by atoms with Gasteiger partial charge >= 0.3 is 0 Å². The highest BCUT2D eigenvalue weighted by atomic mass is 16.3. The summed E-state index contributed by atoms with van der Waals surface area (Å²) in [5, 5.41) is 9.74. The Morgan fingerprint density at radius 3 is 2.54 bits per heavy atom. The zero-order valence-electron chi connectivity index (χ0n) is 8.61. The molecule has 2 aliphatic rings. The van der Waals surface area contributed by atoms with Gasteiger partial charge in [-0.25, -0.2) is 0 Å². The lowest BCUT2D eigenvalue weighted by molar-refractivity contribution is 0.120. The Morgan fingerprint density at radius 1 is 1.38 bits per heavy atom. The zero-order chi connectivity index (χ0) is 9.42. The summed E-state index contributed by atoms with van der Waals surface area (Å²) in [5.74, 6) is 0.468. The number of hydrogen-bond donors (Lipinski definition) is 1. The van der Waals surface area contributed by atoms with Gasteiger partial charge in [0.25, 0.3) is 0 Å². The average Bonchev–Trinajstić information content (AvgIpc) is 2.81. The Labute approximate surface area is 80.3 Å². The normalized spacial score (nSPS) is 36.0. The molecule has 0 unspecified atom stereocenters. The molecule has 0 amide bonds. The molecule has 1 saturated heterocycles. The minimum Gasteiger partial charge on any atom is -0.391 e. The maximum absolute atomic E-state index is 9.74. The molecule has 76 valence electrons. The van der Waals surface area contributed by atoms with Gasteiger partial charge in [0.2, 0.25) is 0 Å². The summed E-state index contributed by atoms with van der Waals surface area (Å²) in [6.45, 7) is 2.97. The van der Waals surface area contributed by atoms with Gasteiger partial charge in [0.1, 0.15) is 0 Å². The van der Waals surface area contributed by atoms with E-state index in [0.29, 0.717) is 5.92 Å². The molecule has 3 nitrogen and oxygen atoms in total. The van der Waals surface area contributed by atoms with Crippen molar-refractivity contribution in [3.63, 3.8) is 0 Å². The summed E-state index contributed by atoms with van der Waals surface area (Å²) in [6, 6.07) is 0.818. The lowest BCUT2D eigenvalue weighted by Gasteiger charge is -2.22. The van der Waals surface area contributed by atoms with Gasteiger partial charge in [-0.05, 0) is 26.9 Å². The molecule has 3 heteroatoms. The summed E-state index contributed by atoms with van der Waals surface area (Å²) >= 11 is 0. The monoisotopic (exact) mass is 184 g/mol. The second-order valence-electron chi connectivity index (χ2n) is 4.72. The molecule has 1 aliphatic heterocycles. The van der Waals surface area contributed by atoms with Crippen molar-refractivity contribution in [3.8, 4) is 0 Å². The van der Waals surface area contributed by atoms with Crippen LogP contribution >= 0.6 is 0 Å². The van der Waals surface area contributed by atoms with Crippen LogP contribution in [0.1, 0.15) is 12.8 Å². The summed E-state index contributed by atoms with van der Waals surface area (Å²) in [4.78, 5) is 4.63. The zero-order valence-corrected chi connectivity index (χ0v) is 8.61. The Kier molecular flexibility index (Phi) is 2.58. The van der Waals surface area contributed by atoms with Crippen LogP contribution in [0.5, 0.6) is 0 Å². The highest BCUT2D eigenvalue weighted by Gasteiger charge is 2.33. The summed E-state index contributed by atoms with van der Waals surface area (Å²) in [7, 11) is 4.27. The van der Waals surface area contributed by atoms with E-state index in [9.17, 15) is 5.11 Å². The predicted octanol–water partition coefficient (Wildman–Crippen LogP) is 0.00310. The topological polar surface area (TPSA) is 26.7 Å². The van der Waals surface area contributed by atoms with Crippen LogP contribution < -0.4 is 0 Å². The molecular weight excluding hydrogens is 164 g/mol. The standard InChI is InChI=1S/C10H20N2O/c1-11-5-8(10(13)7-11)6-12(2)9-3-4-9/h8-10,13H,3-7H2,1-2H3/t8-,10+/m1/s1. The third kappa shape index (κ3) is 2.22. The smallest absolute Gasteiger partial charge is 0.0719 e. The highest BCUT2D eigenvalue weighted by molar-refractivity contribution is 4.88. The Morgan fingerprint density at radius 2 is 2.08 bits per heavy atom. The molecule has 1 heterocycles. The minimum atomic E-state index is -0.105. The first-order chi connectivity index (χ1) is 6.16. The van der Waals surface area contributed by atoms with Crippen LogP contribution in [-0.4, -0.2) is 60.8 Å². The molecule has 0 aromatic carbocycles. The molecule has 2 atom stereocenters. The van der Waals surface area contributed by atoms with E-state index >= 15 is 0 Å². The molecule has 0 radical (unpaired) electrons.